The number of hydrogen-bond acceptors (Lipinski definition) is 7. The van der Waals surface area contributed by atoms with E-state index in [1.54, 1.807) is 48.7 Å². The third kappa shape index (κ3) is 5.65. The van der Waals surface area contributed by atoms with Crippen LogP contribution in [-0.2, 0) is 6.61 Å². The molecule has 0 aliphatic carbocycles. The van der Waals surface area contributed by atoms with Crippen LogP contribution in [-0.4, -0.2) is 20.8 Å². The lowest BCUT2D eigenvalue weighted by molar-refractivity contribution is -0.384. The summed E-state index contributed by atoms with van der Waals surface area (Å²) < 4.78 is 15.5. The van der Waals surface area contributed by atoms with Crippen LogP contribution in [0.15, 0.2) is 113 Å². The molecule has 0 spiro atoms. The summed E-state index contributed by atoms with van der Waals surface area (Å²) in [5.74, 6) is 1.22. The number of furan rings is 1. The van der Waals surface area contributed by atoms with E-state index in [9.17, 15) is 14.9 Å². The van der Waals surface area contributed by atoms with Crippen molar-refractivity contribution in [3.05, 3.63) is 130 Å². The molecule has 0 amide bonds. The van der Waals surface area contributed by atoms with E-state index in [4.69, 9.17) is 14.1 Å². The van der Waals surface area contributed by atoms with Gasteiger partial charge in [-0.25, -0.2) is 4.98 Å². The fourth-order valence-electron chi connectivity index (χ4n) is 4.30. The van der Waals surface area contributed by atoms with Crippen molar-refractivity contribution in [3.63, 3.8) is 0 Å². The molecule has 0 saturated carbocycles. The number of nitrogens with zero attached hydrogens (tertiary/aromatic N) is 4. The van der Waals surface area contributed by atoms with Crippen LogP contribution in [0.4, 0.5) is 5.69 Å². The van der Waals surface area contributed by atoms with Crippen molar-refractivity contribution in [2.45, 2.75) is 6.61 Å². The van der Waals surface area contributed by atoms with E-state index >= 15 is 0 Å². The van der Waals surface area contributed by atoms with Crippen LogP contribution in [0, 0.1) is 10.1 Å². The number of halogens is 3. The third-order valence-corrected chi connectivity index (χ3v) is 8.00. The van der Waals surface area contributed by atoms with Crippen molar-refractivity contribution < 1.29 is 14.1 Å². The minimum Gasteiger partial charge on any atom is -0.487 e. The van der Waals surface area contributed by atoms with Gasteiger partial charge < -0.3 is 9.15 Å². The van der Waals surface area contributed by atoms with Crippen molar-refractivity contribution in [2.75, 3.05) is 0 Å². The number of para-hydroxylation sites is 1. The van der Waals surface area contributed by atoms with Gasteiger partial charge in [0, 0.05) is 22.0 Å². The Balaban J connectivity index is 1.34. The number of hydrogen-bond donors (Lipinski definition) is 0. The number of nitro groups is 1. The van der Waals surface area contributed by atoms with E-state index in [0.717, 1.165) is 15.4 Å². The first-order valence-electron chi connectivity index (χ1n) is 12.4. The highest BCUT2D eigenvalue weighted by atomic mass is 79.9. The molecular weight excluding hydrogens is 736 g/mol. The smallest absolute Gasteiger partial charge is 0.282 e. The summed E-state index contributed by atoms with van der Waals surface area (Å²) in [6.45, 7) is 0.207. The molecule has 0 fully saturated rings. The van der Waals surface area contributed by atoms with E-state index in [0.29, 0.717) is 42.5 Å². The Morgan fingerprint density at radius 3 is 2.45 bits per heavy atom. The van der Waals surface area contributed by atoms with Gasteiger partial charge in [-0.15, -0.1) is 0 Å². The third-order valence-electron chi connectivity index (χ3n) is 6.33. The van der Waals surface area contributed by atoms with Crippen molar-refractivity contribution in [1.82, 2.24) is 9.66 Å². The van der Waals surface area contributed by atoms with E-state index in [1.807, 2.05) is 30.3 Å². The molecule has 0 N–H and O–H groups in total. The summed E-state index contributed by atoms with van der Waals surface area (Å²) in [6.07, 6.45) is 1.55. The van der Waals surface area contributed by atoms with Crippen LogP contribution in [0.3, 0.4) is 0 Å². The molecule has 6 rings (SSSR count). The molecule has 0 unspecified atom stereocenters. The van der Waals surface area contributed by atoms with Crippen LogP contribution in [0.5, 0.6) is 5.75 Å². The maximum absolute atomic E-state index is 13.6. The second-order valence-electron chi connectivity index (χ2n) is 9.13. The highest BCUT2D eigenvalue weighted by molar-refractivity contribution is 9.11. The lowest BCUT2D eigenvalue weighted by atomic mass is 10.2. The van der Waals surface area contributed by atoms with E-state index in [2.05, 4.69) is 52.9 Å². The van der Waals surface area contributed by atoms with Gasteiger partial charge >= 0.3 is 0 Å². The van der Waals surface area contributed by atoms with E-state index in [1.165, 1.54) is 16.8 Å². The topological polar surface area (TPSA) is 113 Å². The normalized spacial score (nSPS) is 11.5. The molecule has 6 aromatic rings. The average Bonchev–Trinajstić information content (AvgIpc) is 3.39. The first kappa shape index (κ1) is 28.0. The van der Waals surface area contributed by atoms with Crippen LogP contribution < -0.4 is 10.3 Å². The summed E-state index contributed by atoms with van der Waals surface area (Å²) in [4.78, 5) is 28.7. The summed E-state index contributed by atoms with van der Waals surface area (Å²) in [5, 5.41) is 16.7. The summed E-state index contributed by atoms with van der Waals surface area (Å²) in [5.41, 5.74) is 2.32. The average molecular weight is 753 g/mol. The molecule has 9 nitrogen and oxygen atoms in total. The maximum atomic E-state index is 13.6. The lowest BCUT2D eigenvalue weighted by Gasteiger charge is -2.11. The maximum Gasteiger partial charge on any atom is 0.282 e. The van der Waals surface area contributed by atoms with Gasteiger partial charge in [0.15, 0.2) is 5.76 Å². The number of ether oxygens (including phenoxy) is 1. The molecule has 0 saturated heterocycles. The summed E-state index contributed by atoms with van der Waals surface area (Å²) in [7, 11) is 0. The molecule has 0 aliphatic heterocycles. The van der Waals surface area contributed by atoms with Crippen LogP contribution in [0.2, 0.25) is 0 Å². The van der Waals surface area contributed by atoms with Gasteiger partial charge in [-0.1, -0.05) is 28.1 Å². The van der Waals surface area contributed by atoms with Gasteiger partial charge in [-0.2, -0.15) is 9.78 Å². The first-order chi connectivity index (χ1) is 20.3. The van der Waals surface area contributed by atoms with Crippen molar-refractivity contribution >= 4 is 81.6 Å². The SMILES string of the molecule is O=c1c2ccccc2nc(-c2cc3cc(Br)ccc3o2)n1N=Cc1cc(Br)c(OCc2ccc([N+](=O)[O-])cc2)c(Br)c1. The Kier molecular flexibility index (Phi) is 7.76. The quantitative estimate of drug-likeness (QED) is 0.0919. The second-order valence-corrected chi connectivity index (χ2v) is 11.8. The number of rotatable bonds is 7. The molecule has 42 heavy (non-hydrogen) atoms. The molecule has 0 radical (unpaired) electrons. The highest BCUT2D eigenvalue weighted by Gasteiger charge is 2.17. The number of non-ortho nitro benzene ring substituents is 1. The highest BCUT2D eigenvalue weighted by Crippen LogP contribution is 2.35. The zero-order valence-electron chi connectivity index (χ0n) is 21.3. The molecule has 0 aliphatic rings. The molecule has 0 bridgehead atoms. The Bertz CT molecular complexity index is 2070. The van der Waals surface area contributed by atoms with Crippen LogP contribution in [0.1, 0.15) is 11.1 Å². The van der Waals surface area contributed by atoms with Gasteiger partial charge in [0.1, 0.15) is 17.9 Å². The van der Waals surface area contributed by atoms with E-state index in [-0.39, 0.29) is 23.7 Å². The monoisotopic (exact) mass is 750 g/mol. The molecule has 208 valence electrons. The Morgan fingerprint density at radius 2 is 1.71 bits per heavy atom. The number of benzene rings is 4. The van der Waals surface area contributed by atoms with Crippen LogP contribution in [0.25, 0.3) is 33.5 Å². The number of aromatic nitrogens is 2. The predicted molar refractivity (Wildman–Crippen MR) is 171 cm³/mol. The Labute approximate surface area is 263 Å². The standard InChI is InChI=1S/C30H17Br3N4O5/c31-20-7-10-26-19(13-20)14-27(42-26)29-35-25-4-2-1-3-22(25)30(38)36(29)34-15-18-11-23(32)28(24(33)12-18)41-16-17-5-8-21(9-6-17)37(39)40/h1-15H,16H2. The molecule has 2 heterocycles. The molecule has 4 aromatic carbocycles. The van der Waals surface area contributed by atoms with Crippen molar-refractivity contribution in [1.29, 1.82) is 0 Å². The second kappa shape index (κ2) is 11.6. The van der Waals surface area contributed by atoms with Gasteiger partial charge in [-0.3, -0.25) is 14.9 Å². The Hall–Kier alpha value is -4.13. The number of nitro benzene ring substituents is 1. The fraction of sp³-hybridized carbons (Fsp3) is 0.0333. The predicted octanol–water partition coefficient (Wildman–Crippen LogP) is 8.47. The molecule has 0 atom stereocenters. The number of fused-ring (bicyclic) bond motifs is 2. The van der Waals surface area contributed by atoms with Gasteiger partial charge in [0.05, 0.1) is 31.0 Å². The summed E-state index contributed by atoms with van der Waals surface area (Å²) >= 11 is 10.6. The molecule has 12 heteroatoms. The molecule has 2 aromatic heterocycles. The largest absolute Gasteiger partial charge is 0.487 e. The van der Waals surface area contributed by atoms with Crippen LogP contribution >= 0.6 is 47.8 Å². The first-order valence-corrected chi connectivity index (χ1v) is 14.8. The molecular formula is C30H17Br3N4O5. The van der Waals surface area contributed by atoms with Gasteiger partial charge in [-0.05, 0) is 104 Å². The van der Waals surface area contributed by atoms with E-state index < -0.39 is 4.92 Å². The summed E-state index contributed by atoms with van der Waals surface area (Å²) in [6, 6.07) is 24.3. The fourth-order valence-corrected chi connectivity index (χ4v) is 6.13. The zero-order valence-corrected chi connectivity index (χ0v) is 26.1. The zero-order chi connectivity index (χ0) is 29.4. The lowest BCUT2D eigenvalue weighted by Crippen LogP contribution is -2.20. The Morgan fingerprint density at radius 1 is 0.976 bits per heavy atom. The van der Waals surface area contributed by atoms with Crippen molar-refractivity contribution in [3.8, 4) is 17.3 Å². The van der Waals surface area contributed by atoms with Gasteiger partial charge in [0.25, 0.3) is 11.2 Å². The minimum absolute atomic E-state index is 0.0158. The van der Waals surface area contributed by atoms with Crippen molar-refractivity contribution in [2.24, 2.45) is 5.10 Å². The van der Waals surface area contributed by atoms with Gasteiger partial charge in [0.2, 0.25) is 5.82 Å². The minimum atomic E-state index is -0.445.